The molecule has 86 valence electrons. The van der Waals surface area contributed by atoms with Gasteiger partial charge in [-0.25, -0.2) is 4.98 Å². The molecule has 2 aromatic rings. The largest absolute Gasteiger partial charge is 0.491 e. The summed E-state index contributed by atoms with van der Waals surface area (Å²) in [6.45, 7) is 0.572. The Hall–Kier alpha value is -1.51. The number of ether oxygens (including phenoxy) is 1. The van der Waals surface area contributed by atoms with E-state index >= 15 is 0 Å². The molecule has 0 atom stereocenters. The van der Waals surface area contributed by atoms with E-state index in [0.29, 0.717) is 17.9 Å². The number of hydrogen-bond acceptors (Lipinski definition) is 5. The van der Waals surface area contributed by atoms with Gasteiger partial charge in [0, 0.05) is 17.3 Å². The van der Waals surface area contributed by atoms with Gasteiger partial charge in [-0.2, -0.15) is 5.26 Å². The van der Waals surface area contributed by atoms with Crippen LogP contribution in [0.1, 0.15) is 5.56 Å². The number of para-hydroxylation sites is 1. The number of benzene rings is 1. The summed E-state index contributed by atoms with van der Waals surface area (Å²) >= 11 is 3.28. The van der Waals surface area contributed by atoms with Gasteiger partial charge in [-0.15, -0.1) is 11.3 Å². The van der Waals surface area contributed by atoms with Crippen molar-refractivity contribution in [2.45, 2.75) is 4.34 Å². The van der Waals surface area contributed by atoms with Crippen LogP contribution in [0.2, 0.25) is 0 Å². The van der Waals surface area contributed by atoms with E-state index in [1.54, 1.807) is 35.4 Å². The van der Waals surface area contributed by atoms with Crippen molar-refractivity contribution in [3.63, 3.8) is 0 Å². The monoisotopic (exact) mass is 262 g/mol. The second-order valence-electron chi connectivity index (χ2n) is 3.10. The molecule has 0 spiro atoms. The fraction of sp³-hybridized carbons (Fsp3) is 0.167. The van der Waals surface area contributed by atoms with Gasteiger partial charge < -0.3 is 4.74 Å². The molecule has 3 nitrogen and oxygen atoms in total. The third-order valence-electron chi connectivity index (χ3n) is 1.98. The molecule has 0 aliphatic heterocycles. The smallest absolute Gasteiger partial charge is 0.149 e. The Kier molecular flexibility index (Phi) is 4.42. The summed E-state index contributed by atoms with van der Waals surface area (Å²) in [4.78, 5) is 4.17. The van der Waals surface area contributed by atoms with E-state index in [0.717, 1.165) is 10.1 Å². The van der Waals surface area contributed by atoms with E-state index in [1.807, 2.05) is 23.6 Å². The zero-order valence-electron chi connectivity index (χ0n) is 9.00. The van der Waals surface area contributed by atoms with Crippen molar-refractivity contribution in [1.82, 2.24) is 4.98 Å². The molecular weight excluding hydrogens is 252 g/mol. The Bertz CT molecular complexity index is 505. The summed E-state index contributed by atoms with van der Waals surface area (Å²) in [7, 11) is 0. The highest BCUT2D eigenvalue weighted by Crippen LogP contribution is 2.21. The minimum Gasteiger partial charge on any atom is -0.491 e. The average molecular weight is 262 g/mol. The van der Waals surface area contributed by atoms with Gasteiger partial charge in [-0.05, 0) is 12.1 Å². The Morgan fingerprint density at radius 1 is 1.41 bits per heavy atom. The van der Waals surface area contributed by atoms with Crippen molar-refractivity contribution in [3.05, 3.63) is 41.4 Å². The number of thiazole rings is 1. The highest BCUT2D eigenvalue weighted by atomic mass is 32.2. The molecule has 0 radical (unpaired) electrons. The predicted molar refractivity (Wildman–Crippen MR) is 69.5 cm³/mol. The summed E-state index contributed by atoms with van der Waals surface area (Å²) in [6.07, 6.45) is 1.79. The van der Waals surface area contributed by atoms with Gasteiger partial charge in [-0.1, -0.05) is 23.9 Å². The molecule has 1 aromatic carbocycles. The molecule has 5 heteroatoms. The van der Waals surface area contributed by atoms with E-state index in [4.69, 9.17) is 10.00 Å². The van der Waals surface area contributed by atoms with Crippen molar-refractivity contribution in [2.24, 2.45) is 0 Å². The highest BCUT2D eigenvalue weighted by molar-refractivity contribution is 8.01. The van der Waals surface area contributed by atoms with Crippen LogP contribution in [-0.4, -0.2) is 17.3 Å². The minimum atomic E-state index is 0.572. The van der Waals surface area contributed by atoms with Crippen LogP contribution in [-0.2, 0) is 0 Å². The maximum Gasteiger partial charge on any atom is 0.149 e. The number of rotatable bonds is 5. The summed E-state index contributed by atoms with van der Waals surface area (Å²) < 4.78 is 6.60. The van der Waals surface area contributed by atoms with Crippen LogP contribution in [0, 0.1) is 11.3 Å². The molecule has 0 saturated heterocycles. The fourth-order valence-corrected chi connectivity index (χ4v) is 2.77. The first-order chi connectivity index (χ1) is 8.40. The summed E-state index contributed by atoms with van der Waals surface area (Å²) in [6, 6.07) is 9.37. The molecule has 0 aliphatic carbocycles. The van der Waals surface area contributed by atoms with Crippen molar-refractivity contribution in [3.8, 4) is 11.8 Å². The molecule has 0 aliphatic rings. The molecule has 17 heavy (non-hydrogen) atoms. The van der Waals surface area contributed by atoms with E-state index in [-0.39, 0.29) is 0 Å². The van der Waals surface area contributed by atoms with Crippen LogP contribution in [0.3, 0.4) is 0 Å². The molecule has 0 amide bonds. The van der Waals surface area contributed by atoms with Gasteiger partial charge >= 0.3 is 0 Å². The predicted octanol–water partition coefficient (Wildman–Crippen LogP) is 3.19. The van der Waals surface area contributed by atoms with Crippen LogP contribution in [0.15, 0.2) is 40.2 Å². The number of aromatic nitrogens is 1. The zero-order valence-corrected chi connectivity index (χ0v) is 10.6. The summed E-state index contributed by atoms with van der Waals surface area (Å²) in [5.41, 5.74) is 0.576. The van der Waals surface area contributed by atoms with Gasteiger partial charge in [-0.3, -0.25) is 0 Å². The second kappa shape index (κ2) is 6.28. The summed E-state index contributed by atoms with van der Waals surface area (Å²) in [5, 5.41) is 10.8. The lowest BCUT2D eigenvalue weighted by Crippen LogP contribution is -2.01. The molecule has 1 heterocycles. The quantitative estimate of drug-likeness (QED) is 0.613. The van der Waals surface area contributed by atoms with Gasteiger partial charge in [0.1, 0.15) is 16.2 Å². The van der Waals surface area contributed by atoms with Crippen molar-refractivity contribution < 1.29 is 4.74 Å². The van der Waals surface area contributed by atoms with Gasteiger partial charge in [0.2, 0.25) is 0 Å². The lowest BCUT2D eigenvalue weighted by Gasteiger charge is -2.06. The lowest BCUT2D eigenvalue weighted by atomic mass is 10.2. The van der Waals surface area contributed by atoms with Gasteiger partial charge in [0.05, 0.1) is 12.2 Å². The SMILES string of the molecule is N#Cc1ccccc1OCCSc1nccs1. The van der Waals surface area contributed by atoms with Crippen LogP contribution >= 0.6 is 23.1 Å². The van der Waals surface area contributed by atoms with Crippen LogP contribution < -0.4 is 4.74 Å². The molecular formula is C12H10N2OS2. The average Bonchev–Trinajstić information content (AvgIpc) is 2.88. The first-order valence-corrected chi connectivity index (χ1v) is 6.91. The molecule has 0 bridgehead atoms. The minimum absolute atomic E-state index is 0.572. The van der Waals surface area contributed by atoms with E-state index < -0.39 is 0 Å². The second-order valence-corrected chi connectivity index (χ2v) is 5.34. The Labute approximate surface area is 108 Å². The first-order valence-electron chi connectivity index (χ1n) is 5.04. The number of thioether (sulfide) groups is 1. The molecule has 0 fully saturated rings. The Morgan fingerprint density at radius 3 is 3.06 bits per heavy atom. The van der Waals surface area contributed by atoms with E-state index in [1.165, 1.54) is 0 Å². The molecule has 0 saturated carbocycles. The van der Waals surface area contributed by atoms with Crippen LogP contribution in [0.4, 0.5) is 0 Å². The van der Waals surface area contributed by atoms with Crippen LogP contribution in [0.25, 0.3) is 0 Å². The van der Waals surface area contributed by atoms with E-state index in [2.05, 4.69) is 11.1 Å². The maximum atomic E-state index is 8.88. The topological polar surface area (TPSA) is 45.9 Å². The standard InChI is InChI=1S/C12H10N2OS2/c13-9-10-3-1-2-4-11(10)15-6-8-17-12-14-5-7-16-12/h1-5,7H,6,8H2. The first kappa shape index (κ1) is 12.0. The molecule has 0 unspecified atom stereocenters. The Morgan fingerprint density at radius 2 is 2.29 bits per heavy atom. The van der Waals surface area contributed by atoms with Gasteiger partial charge in [0.15, 0.2) is 0 Å². The van der Waals surface area contributed by atoms with Crippen LogP contribution in [0.5, 0.6) is 5.75 Å². The normalized spacial score (nSPS) is 9.82. The molecule has 0 N–H and O–H groups in total. The summed E-state index contributed by atoms with van der Waals surface area (Å²) in [5.74, 6) is 1.47. The molecule has 1 aromatic heterocycles. The third-order valence-corrected chi connectivity index (χ3v) is 3.91. The highest BCUT2D eigenvalue weighted by Gasteiger charge is 2.02. The Balaban J connectivity index is 1.80. The van der Waals surface area contributed by atoms with Crippen molar-refractivity contribution in [1.29, 1.82) is 5.26 Å². The van der Waals surface area contributed by atoms with E-state index in [9.17, 15) is 0 Å². The van der Waals surface area contributed by atoms with Crippen molar-refractivity contribution in [2.75, 3.05) is 12.4 Å². The fourth-order valence-electron chi connectivity index (χ4n) is 1.25. The zero-order chi connectivity index (χ0) is 11.9. The third kappa shape index (κ3) is 3.48. The number of nitrogens with zero attached hydrogens (tertiary/aromatic N) is 2. The maximum absolute atomic E-state index is 8.88. The lowest BCUT2D eigenvalue weighted by molar-refractivity contribution is 0.343. The van der Waals surface area contributed by atoms with Crippen molar-refractivity contribution >= 4 is 23.1 Å². The number of nitriles is 1. The van der Waals surface area contributed by atoms with Gasteiger partial charge in [0.25, 0.3) is 0 Å². The molecule has 2 rings (SSSR count). The number of hydrogen-bond donors (Lipinski definition) is 0.